The molecule has 19 nitrogen and oxygen atoms in total. The van der Waals surface area contributed by atoms with Crippen LogP contribution in [0.2, 0.25) is 0 Å². The first kappa shape index (κ1) is 65.8. The Balaban J connectivity index is 1.19. The molecule has 0 radical (unpaired) electrons. The fourth-order valence-electron chi connectivity index (χ4n) is 10.6. The Hall–Kier alpha value is -5.96. The molecule has 448 valence electrons. The number of aliphatic hydroxyl groups excluding tert-OH is 3. The number of aryl methyl sites for hydroxylation is 2. The van der Waals surface area contributed by atoms with E-state index in [0.717, 1.165) is 47.1 Å². The van der Waals surface area contributed by atoms with Crippen LogP contribution in [0.25, 0.3) is 0 Å². The molecule has 2 aliphatic rings. The van der Waals surface area contributed by atoms with Gasteiger partial charge >= 0.3 is 5.97 Å². The number of aliphatic hydroxyl groups is 3. The number of nitrogens with two attached hydrogens (primary N) is 1. The lowest BCUT2D eigenvalue weighted by Crippen LogP contribution is -2.62. The van der Waals surface area contributed by atoms with Gasteiger partial charge in [0.15, 0.2) is 12.4 Å². The molecule has 0 unspecified atom stereocenters. The van der Waals surface area contributed by atoms with Crippen molar-refractivity contribution in [2.45, 2.75) is 230 Å². The number of nitrogens with one attached hydrogen (secondary N) is 4. The quantitative estimate of drug-likeness (QED) is 0.0325. The number of aromatic hydroxyl groups is 1. The third kappa shape index (κ3) is 20.5. The summed E-state index contributed by atoms with van der Waals surface area (Å²) in [5.74, 6) is -4.71. The maximum atomic E-state index is 14.7. The molecule has 0 saturated carbocycles. The minimum absolute atomic E-state index is 0.00176. The van der Waals surface area contributed by atoms with E-state index < -0.39 is 95.9 Å². The zero-order chi connectivity index (χ0) is 59.1. The minimum Gasteiger partial charge on any atom is -0.508 e. The maximum absolute atomic E-state index is 14.7. The number of benzene rings is 3. The van der Waals surface area contributed by atoms with Crippen molar-refractivity contribution in [3.63, 3.8) is 0 Å². The van der Waals surface area contributed by atoms with Crippen LogP contribution in [0.3, 0.4) is 0 Å². The number of nitrogens with zero attached hydrogens (tertiary/aromatic N) is 1. The van der Waals surface area contributed by atoms with E-state index in [-0.39, 0.29) is 64.0 Å². The molecule has 0 aliphatic carbocycles. The van der Waals surface area contributed by atoms with Gasteiger partial charge in [-0.2, -0.15) is 0 Å². The molecule has 9 atom stereocenters. The number of hydrogen-bond acceptors (Lipinski definition) is 13. The van der Waals surface area contributed by atoms with Crippen LogP contribution in [0.4, 0.5) is 0 Å². The van der Waals surface area contributed by atoms with Gasteiger partial charge in [-0.25, -0.2) is 4.79 Å². The summed E-state index contributed by atoms with van der Waals surface area (Å²) >= 11 is 0. The second kappa shape index (κ2) is 33.2. The van der Waals surface area contributed by atoms with E-state index in [9.17, 15) is 54.3 Å². The summed E-state index contributed by atoms with van der Waals surface area (Å²) in [6.07, 6.45) is 9.21. The summed E-state index contributed by atoms with van der Waals surface area (Å²) in [6, 6.07) is 14.7. The molecule has 11 N–H and O–H groups in total. The molecule has 2 aliphatic heterocycles. The van der Waals surface area contributed by atoms with Crippen LogP contribution >= 0.6 is 0 Å². The highest BCUT2D eigenvalue weighted by Gasteiger charge is 2.47. The molecule has 1 fully saturated rings. The molecular weight excluding hydrogens is 1040 g/mol. The van der Waals surface area contributed by atoms with Crippen LogP contribution in [0.1, 0.15) is 163 Å². The van der Waals surface area contributed by atoms with Gasteiger partial charge in [0.1, 0.15) is 47.7 Å². The summed E-state index contributed by atoms with van der Waals surface area (Å²) in [5, 5.41) is 62.9. The minimum atomic E-state index is -1.76. The van der Waals surface area contributed by atoms with Crippen molar-refractivity contribution >= 4 is 35.5 Å². The number of fused-ring (bicyclic) bond motifs is 1. The Bertz CT molecular complexity index is 2470. The Morgan fingerprint density at radius 1 is 0.704 bits per heavy atom. The number of carbonyl (C=O) groups is 6. The van der Waals surface area contributed by atoms with E-state index in [1.807, 2.05) is 38.1 Å². The van der Waals surface area contributed by atoms with Gasteiger partial charge in [-0.1, -0.05) is 145 Å². The predicted octanol–water partition coefficient (Wildman–Crippen LogP) is 5.62. The summed E-state index contributed by atoms with van der Waals surface area (Å²) in [4.78, 5) is 84.6. The number of hydrogen-bond donors (Lipinski definition) is 10. The van der Waals surface area contributed by atoms with Crippen molar-refractivity contribution in [3.8, 4) is 5.75 Å². The number of amides is 5. The number of phenols is 1. The number of aliphatic carboxylic acids is 1. The van der Waals surface area contributed by atoms with Gasteiger partial charge in [-0.15, -0.1) is 0 Å². The smallest absolute Gasteiger partial charge is 0.328 e. The fourth-order valence-corrected chi connectivity index (χ4v) is 10.6. The molecule has 0 spiro atoms. The normalized spacial score (nSPS) is 20.1. The standard InChI is InChI=1S/C62H92N6O13/c1-6-7-8-9-10-11-12-13-14-15-16-17-18-26-33-80-60-53(72)51(70)52(71)54(81-60)58(76)64-32-25-24-31-48(56(74)67-62(4,5)61(78)79)65-55(73)49(36-42-27-20-19-21-28-42)66-57(75)50-37-43-29-22-23-30-44(43)39-68(50)59(77)47(63)38-46-40(2)34-45(69)35-41(46)3/h19-23,27-30,34-35,47-54,60,69-72H,6-18,24-26,31-33,36-39,63H2,1-5H3,(H,64,76)(H,65,73)(H,66,75)(H,67,74)(H,78,79)/t47-,48-,49-,50-,51-,52-,53+,54-,60+/m0/s1. The van der Waals surface area contributed by atoms with E-state index in [1.165, 1.54) is 83.0 Å². The van der Waals surface area contributed by atoms with Crippen LogP contribution < -0.4 is 27.0 Å². The number of rotatable bonds is 34. The number of carboxylic acids is 1. The number of carboxylic acid groups (broad SMARTS) is 1. The second-order valence-corrected chi connectivity index (χ2v) is 22.7. The van der Waals surface area contributed by atoms with Crippen molar-refractivity contribution in [3.05, 3.63) is 100 Å². The first-order chi connectivity index (χ1) is 38.7. The molecule has 1 saturated heterocycles. The van der Waals surface area contributed by atoms with Crippen molar-refractivity contribution in [2.24, 2.45) is 5.73 Å². The van der Waals surface area contributed by atoms with Gasteiger partial charge in [-0.3, -0.25) is 24.0 Å². The van der Waals surface area contributed by atoms with E-state index in [4.69, 9.17) is 15.2 Å². The van der Waals surface area contributed by atoms with E-state index in [2.05, 4.69) is 28.2 Å². The molecule has 0 bridgehead atoms. The Labute approximate surface area is 478 Å². The van der Waals surface area contributed by atoms with Crippen molar-refractivity contribution in [1.29, 1.82) is 0 Å². The molecule has 0 aromatic heterocycles. The van der Waals surface area contributed by atoms with Crippen molar-refractivity contribution < 1.29 is 63.8 Å². The first-order valence-corrected chi connectivity index (χ1v) is 29.4. The van der Waals surface area contributed by atoms with Crippen LogP contribution in [-0.4, -0.2) is 140 Å². The molecule has 2 heterocycles. The van der Waals surface area contributed by atoms with Crippen LogP contribution in [0, 0.1) is 13.8 Å². The molecule has 3 aromatic rings. The van der Waals surface area contributed by atoms with Crippen molar-refractivity contribution in [2.75, 3.05) is 13.2 Å². The van der Waals surface area contributed by atoms with Gasteiger partial charge in [0.2, 0.25) is 23.6 Å². The summed E-state index contributed by atoms with van der Waals surface area (Å²) in [7, 11) is 0. The predicted molar refractivity (Wildman–Crippen MR) is 307 cm³/mol. The number of carbonyl (C=O) groups excluding carboxylic acids is 5. The van der Waals surface area contributed by atoms with Gasteiger partial charge in [0.25, 0.3) is 5.91 Å². The highest BCUT2D eigenvalue weighted by atomic mass is 16.7. The first-order valence-electron chi connectivity index (χ1n) is 29.4. The summed E-state index contributed by atoms with van der Waals surface area (Å²) < 4.78 is 11.5. The highest BCUT2D eigenvalue weighted by Crippen LogP contribution is 2.28. The molecule has 19 heteroatoms. The fraction of sp³-hybridized carbons (Fsp3) is 0.613. The monoisotopic (exact) mass is 1130 g/mol. The highest BCUT2D eigenvalue weighted by molar-refractivity contribution is 5.96. The lowest BCUT2D eigenvalue weighted by molar-refractivity contribution is -0.290. The van der Waals surface area contributed by atoms with Gasteiger partial charge in [-0.05, 0) is 105 Å². The molecule has 5 amide bonds. The third-order valence-corrected chi connectivity index (χ3v) is 15.6. The lowest BCUT2D eigenvalue weighted by atomic mass is 9.91. The molecule has 81 heavy (non-hydrogen) atoms. The van der Waals surface area contributed by atoms with Crippen LogP contribution in [0.15, 0.2) is 66.7 Å². The zero-order valence-corrected chi connectivity index (χ0v) is 48.3. The topological polar surface area (TPSA) is 299 Å². The van der Waals surface area contributed by atoms with E-state index in [1.54, 1.807) is 42.5 Å². The molecule has 5 rings (SSSR count). The average molecular weight is 1130 g/mol. The van der Waals surface area contributed by atoms with Crippen LogP contribution in [0.5, 0.6) is 5.75 Å². The summed E-state index contributed by atoms with van der Waals surface area (Å²) in [5.41, 5.74) is 9.53. The number of unbranched alkanes of at least 4 members (excludes halogenated alkanes) is 14. The van der Waals surface area contributed by atoms with Gasteiger partial charge < -0.3 is 66.9 Å². The van der Waals surface area contributed by atoms with E-state index >= 15 is 0 Å². The number of phenolic OH excluding ortho intramolecular Hbond substituents is 1. The Kier molecular flexibility index (Phi) is 27.0. The maximum Gasteiger partial charge on any atom is 0.328 e. The van der Waals surface area contributed by atoms with E-state index in [0.29, 0.717) is 12.0 Å². The van der Waals surface area contributed by atoms with Gasteiger partial charge in [0.05, 0.1) is 6.04 Å². The zero-order valence-electron chi connectivity index (χ0n) is 48.3. The average Bonchev–Trinajstić information content (AvgIpc) is 3.65. The van der Waals surface area contributed by atoms with Crippen molar-refractivity contribution in [1.82, 2.24) is 26.2 Å². The summed E-state index contributed by atoms with van der Waals surface area (Å²) in [6.45, 7) is 8.75. The second-order valence-electron chi connectivity index (χ2n) is 22.7. The molecular formula is C62H92N6O13. The largest absolute Gasteiger partial charge is 0.508 e. The number of ether oxygens (including phenoxy) is 2. The lowest BCUT2D eigenvalue weighted by Gasteiger charge is -2.39. The Morgan fingerprint density at radius 2 is 1.28 bits per heavy atom. The van der Waals surface area contributed by atoms with Crippen LogP contribution in [-0.2, 0) is 64.0 Å². The Morgan fingerprint density at radius 3 is 1.89 bits per heavy atom. The van der Waals surface area contributed by atoms with Gasteiger partial charge in [0, 0.05) is 32.5 Å². The third-order valence-electron chi connectivity index (χ3n) is 15.6. The molecule has 3 aromatic carbocycles. The SMILES string of the molecule is CCCCCCCCCCCCCCCCO[C@@H]1O[C@H](C(=O)NCCCC[C@H](NC(=O)[C@H](Cc2ccccc2)NC(=O)[C@@H]2Cc3ccccc3CN2C(=O)[C@@H](N)Cc2c(C)cc(O)cc2C)C(=O)NC(C)(C)C(=O)O)[C@@H](O)[C@H](O)[C@H]1O.